The molecular formula is C16H18N4O. The van der Waals surface area contributed by atoms with Crippen molar-refractivity contribution in [3.8, 4) is 0 Å². The van der Waals surface area contributed by atoms with Crippen molar-refractivity contribution < 1.29 is 4.42 Å². The molecule has 0 saturated carbocycles. The minimum absolute atomic E-state index is 0.425. The Morgan fingerprint density at radius 1 is 1.33 bits per heavy atom. The summed E-state index contributed by atoms with van der Waals surface area (Å²) in [6.45, 7) is 1.84. The van der Waals surface area contributed by atoms with Gasteiger partial charge in [-0.05, 0) is 31.5 Å². The topological polar surface area (TPSA) is 47.1 Å². The van der Waals surface area contributed by atoms with E-state index in [-0.39, 0.29) is 0 Å². The quantitative estimate of drug-likeness (QED) is 0.741. The predicted molar refractivity (Wildman–Crippen MR) is 79.6 cm³/mol. The zero-order chi connectivity index (χ0) is 14.2. The standard InChI is InChI=1S/C16H18N4O/c1-19-10-12(9-17-19)14-6-4-8-20(14)11-16-18-13-5-2-3-7-15(13)21-16/h2-3,5,7,9-10,14H,4,6,8,11H2,1H3/t14-/m1/s1. The van der Waals surface area contributed by atoms with Crippen molar-refractivity contribution >= 4 is 11.1 Å². The number of hydrogen-bond acceptors (Lipinski definition) is 4. The number of fused-ring (bicyclic) bond motifs is 1. The monoisotopic (exact) mass is 282 g/mol. The van der Waals surface area contributed by atoms with Gasteiger partial charge in [-0.15, -0.1) is 0 Å². The summed E-state index contributed by atoms with van der Waals surface area (Å²) in [6, 6.07) is 8.35. The molecule has 1 aromatic carbocycles. The lowest BCUT2D eigenvalue weighted by Crippen LogP contribution is -2.22. The van der Waals surface area contributed by atoms with E-state index in [0.29, 0.717) is 6.04 Å². The highest BCUT2D eigenvalue weighted by molar-refractivity contribution is 5.72. The van der Waals surface area contributed by atoms with E-state index < -0.39 is 0 Å². The van der Waals surface area contributed by atoms with Gasteiger partial charge in [-0.25, -0.2) is 4.98 Å². The summed E-state index contributed by atoms with van der Waals surface area (Å²) < 4.78 is 7.71. The average molecular weight is 282 g/mol. The minimum atomic E-state index is 0.425. The highest BCUT2D eigenvalue weighted by Crippen LogP contribution is 2.33. The molecule has 0 radical (unpaired) electrons. The van der Waals surface area contributed by atoms with Crippen molar-refractivity contribution in [2.75, 3.05) is 6.54 Å². The zero-order valence-electron chi connectivity index (χ0n) is 12.1. The van der Waals surface area contributed by atoms with Crippen LogP contribution < -0.4 is 0 Å². The van der Waals surface area contributed by atoms with Crippen LogP contribution in [-0.4, -0.2) is 26.2 Å². The molecule has 2 aromatic heterocycles. The van der Waals surface area contributed by atoms with Crippen LogP contribution in [0.3, 0.4) is 0 Å². The van der Waals surface area contributed by atoms with Gasteiger partial charge in [0.25, 0.3) is 0 Å². The number of para-hydroxylation sites is 2. The van der Waals surface area contributed by atoms with Crippen molar-refractivity contribution in [2.24, 2.45) is 7.05 Å². The number of benzene rings is 1. The van der Waals surface area contributed by atoms with Crippen LogP contribution in [0.25, 0.3) is 11.1 Å². The smallest absolute Gasteiger partial charge is 0.209 e. The summed E-state index contributed by atoms with van der Waals surface area (Å²) in [4.78, 5) is 7.01. The normalized spacial score (nSPS) is 19.6. The molecule has 0 spiro atoms. The third kappa shape index (κ3) is 2.34. The number of aromatic nitrogens is 3. The predicted octanol–water partition coefficient (Wildman–Crippen LogP) is 2.90. The molecule has 0 bridgehead atoms. The van der Waals surface area contributed by atoms with E-state index in [9.17, 15) is 0 Å². The van der Waals surface area contributed by atoms with Crippen molar-refractivity contribution in [2.45, 2.75) is 25.4 Å². The van der Waals surface area contributed by atoms with E-state index in [0.717, 1.165) is 30.1 Å². The van der Waals surface area contributed by atoms with Gasteiger partial charge in [0, 0.05) is 24.8 Å². The molecule has 21 heavy (non-hydrogen) atoms. The Morgan fingerprint density at radius 2 is 2.24 bits per heavy atom. The molecule has 5 nitrogen and oxygen atoms in total. The summed E-state index contributed by atoms with van der Waals surface area (Å²) in [7, 11) is 1.96. The van der Waals surface area contributed by atoms with Gasteiger partial charge < -0.3 is 4.42 Å². The molecular weight excluding hydrogens is 264 g/mol. The Bertz CT molecular complexity index is 727. The van der Waals surface area contributed by atoms with E-state index in [1.165, 1.54) is 18.4 Å². The van der Waals surface area contributed by atoms with Gasteiger partial charge >= 0.3 is 0 Å². The molecule has 1 atom stereocenters. The molecule has 3 aromatic rings. The molecule has 0 unspecified atom stereocenters. The van der Waals surface area contributed by atoms with Crippen LogP contribution in [0, 0.1) is 0 Å². The molecule has 0 amide bonds. The molecule has 0 aliphatic carbocycles. The second kappa shape index (κ2) is 5.00. The first-order valence-corrected chi connectivity index (χ1v) is 7.36. The van der Waals surface area contributed by atoms with Crippen molar-refractivity contribution in [3.63, 3.8) is 0 Å². The lowest BCUT2D eigenvalue weighted by molar-refractivity contribution is 0.225. The zero-order valence-corrected chi connectivity index (χ0v) is 12.1. The maximum atomic E-state index is 5.85. The van der Waals surface area contributed by atoms with Gasteiger partial charge in [0.15, 0.2) is 5.58 Å². The Kier molecular flexibility index (Phi) is 3.00. The van der Waals surface area contributed by atoms with Crippen molar-refractivity contribution in [1.82, 2.24) is 19.7 Å². The van der Waals surface area contributed by atoms with Crippen LogP contribution in [0.2, 0.25) is 0 Å². The Hall–Kier alpha value is -2.14. The molecule has 1 aliphatic rings. The molecule has 1 saturated heterocycles. The van der Waals surface area contributed by atoms with Gasteiger partial charge in [0.2, 0.25) is 5.89 Å². The van der Waals surface area contributed by atoms with E-state index >= 15 is 0 Å². The highest BCUT2D eigenvalue weighted by atomic mass is 16.3. The van der Waals surface area contributed by atoms with Crippen LogP contribution in [0.1, 0.15) is 30.3 Å². The van der Waals surface area contributed by atoms with Gasteiger partial charge in [-0.2, -0.15) is 5.10 Å². The summed E-state index contributed by atoms with van der Waals surface area (Å²) in [5.41, 5.74) is 3.08. The minimum Gasteiger partial charge on any atom is -0.439 e. The van der Waals surface area contributed by atoms with Crippen LogP contribution in [0.15, 0.2) is 41.1 Å². The Morgan fingerprint density at radius 3 is 3.05 bits per heavy atom. The maximum absolute atomic E-state index is 5.85. The lowest BCUT2D eigenvalue weighted by atomic mass is 10.1. The fourth-order valence-corrected chi connectivity index (χ4v) is 3.17. The van der Waals surface area contributed by atoms with Crippen LogP contribution in [0.5, 0.6) is 0 Å². The molecule has 4 rings (SSSR count). The van der Waals surface area contributed by atoms with Crippen LogP contribution >= 0.6 is 0 Å². The third-order valence-corrected chi connectivity index (χ3v) is 4.15. The average Bonchev–Trinajstić information content (AvgIpc) is 3.17. The fourth-order valence-electron chi connectivity index (χ4n) is 3.17. The van der Waals surface area contributed by atoms with Crippen molar-refractivity contribution in [1.29, 1.82) is 0 Å². The molecule has 1 aliphatic heterocycles. The van der Waals surface area contributed by atoms with E-state index in [1.807, 2.05) is 42.2 Å². The number of hydrogen-bond donors (Lipinski definition) is 0. The first-order chi connectivity index (χ1) is 10.3. The summed E-state index contributed by atoms with van der Waals surface area (Å²) >= 11 is 0. The number of likely N-dealkylation sites (tertiary alicyclic amines) is 1. The van der Waals surface area contributed by atoms with E-state index in [1.54, 1.807) is 0 Å². The Balaban J connectivity index is 1.57. The van der Waals surface area contributed by atoms with Crippen LogP contribution in [0.4, 0.5) is 0 Å². The molecule has 1 fully saturated rings. The SMILES string of the molecule is Cn1cc([C@H]2CCCN2Cc2nc3ccccc3o2)cn1. The first-order valence-electron chi connectivity index (χ1n) is 7.36. The van der Waals surface area contributed by atoms with E-state index in [2.05, 4.69) is 21.2 Å². The number of nitrogens with zero attached hydrogens (tertiary/aromatic N) is 4. The third-order valence-electron chi connectivity index (χ3n) is 4.15. The van der Waals surface area contributed by atoms with Crippen molar-refractivity contribution in [3.05, 3.63) is 48.1 Å². The number of oxazole rings is 1. The maximum Gasteiger partial charge on any atom is 0.209 e. The number of aryl methyl sites for hydroxylation is 1. The summed E-state index contributed by atoms with van der Waals surface area (Å²) in [5.74, 6) is 0.798. The highest BCUT2D eigenvalue weighted by Gasteiger charge is 2.28. The van der Waals surface area contributed by atoms with Gasteiger partial charge in [-0.3, -0.25) is 9.58 Å². The number of rotatable bonds is 3. The fraction of sp³-hybridized carbons (Fsp3) is 0.375. The largest absolute Gasteiger partial charge is 0.439 e. The molecule has 108 valence electrons. The molecule has 5 heteroatoms. The van der Waals surface area contributed by atoms with Crippen LogP contribution in [-0.2, 0) is 13.6 Å². The van der Waals surface area contributed by atoms with E-state index in [4.69, 9.17) is 4.42 Å². The lowest BCUT2D eigenvalue weighted by Gasteiger charge is -2.21. The Labute approximate surface area is 123 Å². The summed E-state index contributed by atoms with van der Waals surface area (Å²) in [5, 5.41) is 4.29. The second-order valence-corrected chi connectivity index (χ2v) is 5.65. The van der Waals surface area contributed by atoms with Gasteiger partial charge in [-0.1, -0.05) is 12.1 Å². The first kappa shape index (κ1) is 12.6. The van der Waals surface area contributed by atoms with Gasteiger partial charge in [0.1, 0.15) is 5.52 Å². The van der Waals surface area contributed by atoms with Gasteiger partial charge in [0.05, 0.1) is 12.7 Å². The summed E-state index contributed by atoms with van der Waals surface area (Å²) in [6.07, 6.45) is 6.45. The molecule has 0 N–H and O–H groups in total. The molecule has 3 heterocycles. The second-order valence-electron chi connectivity index (χ2n) is 5.65.